The van der Waals surface area contributed by atoms with E-state index >= 15 is 0 Å². The Balaban J connectivity index is 2.08. The summed E-state index contributed by atoms with van der Waals surface area (Å²) >= 11 is 0. The van der Waals surface area contributed by atoms with Gasteiger partial charge in [-0.2, -0.15) is 0 Å². The molecule has 1 fully saturated rings. The largest absolute Gasteiger partial charge is 0.380 e. The summed E-state index contributed by atoms with van der Waals surface area (Å²) in [5.41, 5.74) is -0.312. The van der Waals surface area contributed by atoms with Gasteiger partial charge in [-0.05, 0) is 6.42 Å². The fraction of sp³-hybridized carbons (Fsp3) is 0.889. The Kier molecular flexibility index (Phi) is 3.69. The fourth-order valence-corrected chi connectivity index (χ4v) is 1.07. The second-order valence-corrected chi connectivity index (χ2v) is 3.38. The van der Waals surface area contributed by atoms with Crippen molar-refractivity contribution in [2.24, 2.45) is 5.41 Å². The van der Waals surface area contributed by atoms with Crippen molar-refractivity contribution in [2.45, 2.75) is 19.8 Å². The van der Waals surface area contributed by atoms with Crippen LogP contribution in [0.5, 0.6) is 0 Å². The van der Waals surface area contributed by atoms with Gasteiger partial charge >= 0.3 is 0 Å². The molecule has 0 amide bonds. The third-order valence-corrected chi connectivity index (χ3v) is 2.06. The van der Waals surface area contributed by atoms with E-state index in [1.165, 1.54) is 0 Å². The second-order valence-electron chi connectivity index (χ2n) is 3.38. The SMILES string of the molecule is CCCCOCC1(C=O)COC1. The molecule has 1 rings (SSSR count). The average Bonchev–Trinajstić information content (AvgIpc) is 2.02. The van der Waals surface area contributed by atoms with Gasteiger partial charge in [0.05, 0.1) is 25.2 Å². The molecule has 0 aromatic heterocycles. The molecule has 0 aromatic rings. The van der Waals surface area contributed by atoms with Crippen LogP contribution in [0.3, 0.4) is 0 Å². The quantitative estimate of drug-likeness (QED) is 0.443. The Hall–Kier alpha value is -0.410. The summed E-state index contributed by atoms with van der Waals surface area (Å²) in [6.07, 6.45) is 3.16. The highest BCUT2D eigenvalue weighted by molar-refractivity contribution is 5.61. The monoisotopic (exact) mass is 172 g/mol. The summed E-state index contributed by atoms with van der Waals surface area (Å²) in [5, 5.41) is 0. The van der Waals surface area contributed by atoms with Gasteiger partial charge in [0.15, 0.2) is 0 Å². The molecule has 0 N–H and O–H groups in total. The average molecular weight is 172 g/mol. The van der Waals surface area contributed by atoms with Crippen molar-refractivity contribution >= 4 is 6.29 Å². The van der Waals surface area contributed by atoms with Gasteiger partial charge in [0.1, 0.15) is 6.29 Å². The zero-order valence-electron chi connectivity index (χ0n) is 7.54. The maximum Gasteiger partial charge on any atom is 0.133 e. The van der Waals surface area contributed by atoms with Gasteiger partial charge in [0.25, 0.3) is 0 Å². The topological polar surface area (TPSA) is 35.5 Å². The van der Waals surface area contributed by atoms with Gasteiger partial charge in [-0.25, -0.2) is 0 Å². The smallest absolute Gasteiger partial charge is 0.133 e. The van der Waals surface area contributed by atoms with Crippen molar-refractivity contribution in [3.8, 4) is 0 Å². The number of carbonyl (C=O) groups is 1. The highest BCUT2D eigenvalue weighted by atomic mass is 16.5. The Morgan fingerprint density at radius 2 is 2.33 bits per heavy atom. The van der Waals surface area contributed by atoms with Crippen molar-refractivity contribution < 1.29 is 14.3 Å². The van der Waals surface area contributed by atoms with E-state index in [2.05, 4.69) is 6.92 Å². The van der Waals surface area contributed by atoms with Crippen LogP contribution in [0.25, 0.3) is 0 Å². The van der Waals surface area contributed by atoms with Gasteiger partial charge in [-0.3, -0.25) is 0 Å². The van der Waals surface area contributed by atoms with E-state index < -0.39 is 0 Å². The molecular formula is C9H16O3. The number of hydrogen-bond donors (Lipinski definition) is 0. The molecule has 1 aliphatic heterocycles. The fourth-order valence-electron chi connectivity index (χ4n) is 1.07. The predicted octanol–water partition coefficient (Wildman–Crippen LogP) is 1.02. The molecule has 12 heavy (non-hydrogen) atoms. The third-order valence-electron chi connectivity index (χ3n) is 2.06. The first kappa shape index (κ1) is 9.68. The van der Waals surface area contributed by atoms with Crippen molar-refractivity contribution in [3.05, 3.63) is 0 Å². The van der Waals surface area contributed by atoms with Crippen molar-refractivity contribution in [3.63, 3.8) is 0 Å². The summed E-state index contributed by atoms with van der Waals surface area (Å²) in [6, 6.07) is 0. The zero-order valence-corrected chi connectivity index (χ0v) is 7.54. The molecule has 3 heteroatoms. The van der Waals surface area contributed by atoms with E-state index in [0.717, 1.165) is 25.7 Å². The molecule has 0 saturated carbocycles. The molecule has 3 nitrogen and oxygen atoms in total. The minimum Gasteiger partial charge on any atom is -0.380 e. The lowest BCUT2D eigenvalue weighted by molar-refractivity contribution is -0.160. The number of rotatable bonds is 6. The molecule has 0 spiro atoms. The van der Waals surface area contributed by atoms with Crippen LogP contribution in [0.1, 0.15) is 19.8 Å². The van der Waals surface area contributed by atoms with Crippen LogP contribution < -0.4 is 0 Å². The second kappa shape index (κ2) is 4.58. The normalized spacial score (nSPS) is 20.1. The molecule has 0 aliphatic carbocycles. The van der Waals surface area contributed by atoms with Crippen LogP contribution in [0, 0.1) is 5.41 Å². The number of carbonyl (C=O) groups excluding carboxylic acids is 1. The summed E-state index contributed by atoms with van der Waals surface area (Å²) < 4.78 is 10.3. The Morgan fingerprint density at radius 1 is 1.58 bits per heavy atom. The first-order valence-corrected chi connectivity index (χ1v) is 4.45. The van der Waals surface area contributed by atoms with E-state index in [0.29, 0.717) is 19.8 Å². The van der Waals surface area contributed by atoms with Gasteiger partial charge in [0.2, 0.25) is 0 Å². The zero-order chi connectivity index (χ0) is 8.86. The van der Waals surface area contributed by atoms with Crippen molar-refractivity contribution in [1.82, 2.24) is 0 Å². The maximum absolute atomic E-state index is 10.6. The molecule has 1 saturated heterocycles. The molecular weight excluding hydrogens is 156 g/mol. The van der Waals surface area contributed by atoms with Crippen molar-refractivity contribution in [2.75, 3.05) is 26.4 Å². The minimum atomic E-state index is -0.312. The Morgan fingerprint density at radius 3 is 2.75 bits per heavy atom. The molecule has 1 heterocycles. The maximum atomic E-state index is 10.6. The predicted molar refractivity (Wildman–Crippen MR) is 45.0 cm³/mol. The molecule has 0 unspecified atom stereocenters. The lowest BCUT2D eigenvalue weighted by Gasteiger charge is -2.35. The van der Waals surface area contributed by atoms with Crippen molar-refractivity contribution in [1.29, 1.82) is 0 Å². The van der Waals surface area contributed by atoms with Gasteiger partial charge in [-0.1, -0.05) is 13.3 Å². The highest BCUT2D eigenvalue weighted by Crippen LogP contribution is 2.24. The minimum absolute atomic E-state index is 0.312. The lowest BCUT2D eigenvalue weighted by atomic mass is 9.89. The number of hydrogen-bond acceptors (Lipinski definition) is 3. The van der Waals surface area contributed by atoms with E-state index in [-0.39, 0.29) is 5.41 Å². The van der Waals surface area contributed by atoms with Crippen LogP contribution in [0.15, 0.2) is 0 Å². The van der Waals surface area contributed by atoms with Gasteiger partial charge in [-0.15, -0.1) is 0 Å². The molecule has 0 atom stereocenters. The van der Waals surface area contributed by atoms with Crippen LogP contribution in [0.4, 0.5) is 0 Å². The number of aldehydes is 1. The van der Waals surface area contributed by atoms with E-state index in [4.69, 9.17) is 9.47 Å². The lowest BCUT2D eigenvalue weighted by Crippen LogP contribution is -2.47. The molecule has 70 valence electrons. The molecule has 0 radical (unpaired) electrons. The third kappa shape index (κ3) is 2.29. The van der Waals surface area contributed by atoms with E-state index in [9.17, 15) is 4.79 Å². The Bertz CT molecular complexity index is 141. The number of unbranched alkanes of at least 4 members (excludes halogenated alkanes) is 1. The summed E-state index contributed by atoms with van der Waals surface area (Å²) in [4.78, 5) is 10.6. The summed E-state index contributed by atoms with van der Waals surface area (Å²) in [6.45, 7) is 4.46. The van der Waals surface area contributed by atoms with E-state index in [1.807, 2.05) is 0 Å². The first-order valence-electron chi connectivity index (χ1n) is 4.45. The molecule has 0 aromatic carbocycles. The molecule has 1 aliphatic rings. The summed E-state index contributed by atoms with van der Waals surface area (Å²) in [7, 11) is 0. The highest BCUT2D eigenvalue weighted by Gasteiger charge is 2.38. The first-order chi connectivity index (χ1) is 5.83. The van der Waals surface area contributed by atoms with Crippen LogP contribution in [-0.4, -0.2) is 32.7 Å². The van der Waals surface area contributed by atoms with Gasteiger partial charge < -0.3 is 14.3 Å². The van der Waals surface area contributed by atoms with E-state index in [1.54, 1.807) is 0 Å². The van der Waals surface area contributed by atoms with Gasteiger partial charge in [0, 0.05) is 6.61 Å². The standard InChI is InChI=1S/C9H16O3/c1-2-3-4-11-6-9(5-10)7-12-8-9/h5H,2-4,6-8H2,1H3. The van der Waals surface area contributed by atoms with Crippen LogP contribution in [0.2, 0.25) is 0 Å². The molecule has 0 bridgehead atoms. The number of ether oxygens (including phenoxy) is 2. The van der Waals surface area contributed by atoms with Crippen LogP contribution in [-0.2, 0) is 14.3 Å². The summed E-state index contributed by atoms with van der Waals surface area (Å²) in [5.74, 6) is 0. The van der Waals surface area contributed by atoms with Crippen LogP contribution >= 0.6 is 0 Å². The Labute approximate surface area is 73.0 Å².